The van der Waals surface area contributed by atoms with Crippen LogP contribution in [-0.4, -0.2) is 6.54 Å². The summed E-state index contributed by atoms with van der Waals surface area (Å²) in [6, 6.07) is 7.54. The second-order valence-electron chi connectivity index (χ2n) is 4.96. The van der Waals surface area contributed by atoms with Gasteiger partial charge in [0.05, 0.1) is 6.04 Å². The van der Waals surface area contributed by atoms with Crippen molar-refractivity contribution in [1.29, 1.82) is 0 Å². The molecule has 0 saturated carbocycles. The Morgan fingerprint density at radius 3 is 2.42 bits per heavy atom. The van der Waals surface area contributed by atoms with Gasteiger partial charge in [0, 0.05) is 9.75 Å². The van der Waals surface area contributed by atoms with Crippen LogP contribution < -0.4 is 5.32 Å². The minimum Gasteiger partial charge on any atom is -0.306 e. The molecule has 0 spiro atoms. The van der Waals surface area contributed by atoms with Crippen molar-refractivity contribution < 1.29 is 4.39 Å². The van der Waals surface area contributed by atoms with Gasteiger partial charge in [0.15, 0.2) is 0 Å². The van der Waals surface area contributed by atoms with Crippen LogP contribution >= 0.6 is 11.3 Å². The van der Waals surface area contributed by atoms with E-state index in [0.29, 0.717) is 0 Å². The summed E-state index contributed by atoms with van der Waals surface area (Å²) in [5, 5.41) is 3.47. The summed E-state index contributed by atoms with van der Waals surface area (Å²) >= 11 is 1.78. The summed E-state index contributed by atoms with van der Waals surface area (Å²) < 4.78 is 13.6. The molecule has 0 fully saturated rings. The summed E-state index contributed by atoms with van der Waals surface area (Å²) in [6.45, 7) is 9.10. The zero-order valence-electron chi connectivity index (χ0n) is 11.9. The number of hydrogen-bond donors (Lipinski definition) is 1. The van der Waals surface area contributed by atoms with Gasteiger partial charge in [-0.25, -0.2) is 4.39 Å². The van der Waals surface area contributed by atoms with Gasteiger partial charge in [-0.1, -0.05) is 13.0 Å². The lowest BCUT2D eigenvalue weighted by Crippen LogP contribution is -2.22. The first-order valence-corrected chi connectivity index (χ1v) is 7.40. The van der Waals surface area contributed by atoms with Crippen LogP contribution in [0.25, 0.3) is 0 Å². The topological polar surface area (TPSA) is 12.0 Å². The van der Waals surface area contributed by atoms with Gasteiger partial charge in [0.1, 0.15) is 5.82 Å². The average Bonchev–Trinajstić information content (AvgIpc) is 2.64. The van der Waals surface area contributed by atoms with E-state index in [4.69, 9.17) is 0 Å². The zero-order chi connectivity index (χ0) is 14.0. The van der Waals surface area contributed by atoms with Gasteiger partial charge >= 0.3 is 0 Å². The summed E-state index contributed by atoms with van der Waals surface area (Å²) in [6.07, 6.45) is 0. The molecule has 0 aliphatic carbocycles. The van der Waals surface area contributed by atoms with Crippen LogP contribution in [0.3, 0.4) is 0 Å². The zero-order valence-corrected chi connectivity index (χ0v) is 12.7. The lowest BCUT2D eigenvalue weighted by atomic mass is 10.0. The van der Waals surface area contributed by atoms with Crippen LogP contribution in [0.15, 0.2) is 24.3 Å². The van der Waals surface area contributed by atoms with E-state index in [9.17, 15) is 4.39 Å². The maximum absolute atomic E-state index is 13.6. The normalized spacial score (nSPS) is 12.7. The molecule has 0 aliphatic rings. The smallest absolute Gasteiger partial charge is 0.123 e. The van der Waals surface area contributed by atoms with E-state index in [0.717, 1.165) is 17.7 Å². The molecule has 2 rings (SSSR count). The van der Waals surface area contributed by atoms with Gasteiger partial charge in [-0.15, -0.1) is 11.3 Å². The lowest BCUT2D eigenvalue weighted by Gasteiger charge is -2.19. The summed E-state index contributed by atoms with van der Waals surface area (Å²) in [4.78, 5) is 2.58. The Morgan fingerprint density at radius 1 is 1.16 bits per heavy atom. The van der Waals surface area contributed by atoms with Crippen molar-refractivity contribution in [3.8, 4) is 0 Å². The minimum absolute atomic E-state index is 0.0816. The summed E-state index contributed by atoms with van der Waals surface area (Å²) in [5.41, 5.74) is 3.24. The highest BCUT2D eigenvalue weighted by atomic mass is 32.1. The van der Waals surface area contributed by atoms with Crippen LogP contribution in [-0.2, 0) is 0 Å². The molecule has 0 saturated heterocycles. The number of aryl methyl sites for hydroxylation is 3. The monoisotopic (exact) mass is 277 g/mol. The van der Waals surface area contributed by atoms with E-state index in [-0.39, 0.29) is 11.9 Å². The molecule has 102 valence electrons. The Hall–Kier alpha value is -1.19. The van der Waals surface area contributed by atoms with Gasteiger partial charge in [0.2, 0.25) is 0 Å². The first-order valence-electron chi connectivity index (χ1n) is 6.58. The van der Waals surface area contributed by atoms with Crippen molar-refractivity contribution in [2.24, 2.45) is 0 Å². The first-order chi connectivity index (χ1) is 9.01. The molecule has 3 heteroatoms. The van der Waals surface area contributed by atoms with E-state index < -0.39 is 0 Å². The van der Waals surface area contributed by atoms with Crippen LogP contribution in [0, 0.1) is 26.6 Å². The molecule has 1 aromatic heterocycles. The van der Waals surface area contributed by atoms with Gasteiger partial charge in [-0.3, -0.25) is 0 Å². The van der Waals surface area contributed by atoms with E-state index in [2.05, 4.69) is 38.2 Å². The number of rotatable bonds is 4. The van der Waals surface area contributed by atoms with E-state index in [1.54, 1.807) is 23.5 Å². The highest BCUT2D eigenvalue weighted by Gasteiger charge is 2.18. The molecule has 19 heavy (non-hydrogen) atoms. The Balaban J connectivity index is 2.47. The lowest BCUT2D eigenvalue weighted by molar-refractivity contribution is 0.604. The molecule has 1 N–H and O–H groups in total. The molecule has 0 bridgehead atoms. The predicted octanol–water partition coefficient (Wildman–Crippen LogP) is 4.51. The molecule has 0 radical (unpaired) electrons. The Morgan fingerprint density at radius 2 is 1.89 bits per heavy atom. The molecule has 1 aromatic carbocycles. The Kier molecular flexibility index (Phi) is 4.38. The molecule has 1 atom stereocenters. The van der Waals surface area contributed by atoms with Crippen molar-refractivity contribution in [3.63, 3.8) is 0 Å². The third-order valence-electron chi connectivity index (χ3n) is 3.15. The average molecular weight is 277 g/mol. The number of benzene rings is 1. The maximum atomic E-state index is 13.6. The highest BCUT2D eigenvalue weighted by Crippen LogP contribution is 2.32. The van der Waals surface area contributed by atoms with Crippen molar-refractivity contribution in [1.82, 2.24) is 5.32 Å². The third-order valence-corrected chi connectivity index (χ3v) is 4.37. The van der Waals surface area contributed by atoms with Gasteiger partial charge in [-0.05, 0) is 62.2 Å². The number of hydrogen-bond acceptors (Lipinski definition) is 2. The molecule has 2 aromatic rings. The molecule has 1 heterocycles. The minimum atomic E-state index is -0.163. The fourth-order valence-corrected chi connectivity index (χ4v) is 3.58. The highest BCUT2D eigenvalue weighted by molar-refractivity contribution is 7.12. The van der Waals surface area contributed by atoms with Crippen LogP contribution in [0.2, 0.25) is 0 Å². The molecule has 1 unspecified atom stereocenters. The van der Waals surface area contributed by atoms with Gasteiger partial charge in [0.25, 0.3) is 0 Å². The van der Waals surface area contributed by atoms with E-state index in [1.807, 2.05) is 6.92 Å². The molecule has 1 nitrogen and oxygen atoms in total. The fraction of sp³-hybridized carbons (Fsp3) is 0.375. The van der Waals surface area contributed by atoms with Crippen LogP contribution in [0.1, 0.15) is 39.4 Å². The first kappa shape index (κ1) is 14.2. The van der Waals surface area contributed by atoms with Gasteiger partial charge in [-0.2, -0.15) is 0 Å². The molecular formula is C16H20FNS. The number of thiophene rings is 1. The largest absolute Gasteiger partial charge is 0.306 e. The number of halogens is 1. The maximum Gasteiger partial charge on any atom is 0.123 e. The Labute approximate surface area is 118 Å². The molecular weight excluding hydrogens is 257 g/mol. The van der Waals surface area contributed by atoms with E-state index >= 15 is 0 Å². The third kappa shape index (κ3) is 3.23. The predicted molar refractivity (Wildman–Crippen MR) is 80.4 cm³/mol. The molecule has 0 amide bonds. The Bertz CT molecular complexity index is 554. The quantitative estimate of drug-likeness (QED) is 0.867. The molecule has 0 aliphatic heterocycles. The van der Waals surface area contributed by atoms with Crippen molar-refractivity contribution in [2.75, 3.05) is 6.54 Å². The second kappa shape index (κ2) is 5.85. The van der Waals surface area contributed by atoms with Crippen molar-refractivity contribution in [3.05, 3.63) is 56.5 Å². The fourth-order valence-electron chi connectivity index (χ4n) is 2.44. The van der Waals surface area contributed by atoms with Crippen molar-refractivity contribution >= 4 is 11.3 Å². The number of nitrogens with one attached hydrogen (secondary N) is 1. The SMILES string of the molecule is CCNC(c1cc(C)cc(F)c1)c1sc(C)cc1C. The van der Waals surface area contributed by atoms with Crippen LogP contribution in [0.5, 0.6) is 0 Å². The van der Waals surface area contributed by atoms with Crippen molar-refractivity contribution in [2.45, 2.75) is 33.7 Å². The summed E-state index contributed by atoms with van der Waals surface area (Å²) in [7, 11) is 0. The second-order valence-corrected chi connectivity index (χ2v) is 6.24. The van der Waals surface area contributed by atoms with E-state index in [1.165, 1.54) is 15.3 Å². The van der Waals surface area contributed by atoms with Gasteiger partial charge < -0.3 is 5.32 Å². The van der Waals surface area contributed by atoms with Crippen LogP contribution in [0.4, 0.5) is 4.39 Å². The summed E-state index contributed by atoms with van der Waals surface area (Å²) in [5.74, 6) is -0.163. The standard InChI is InChI=1S/C16H20FNS/c1-5-18-15(16-11(3)8-12(4)19-16)13-6-10(2)7-14(17)9-13/h6-9,15,18H,5H2,1-4H3.